The number of thioether (sulfide) groups is 1. The van der Waals surface area contributed by atoms with Crippen molar-refractivity contribution < 1.29 is 13.9 Å². The van der Waals surface area contributed by atoms with E-state index in [1.165, 1.54) is 41.8 Å². The van der Waals surface area contributed by atoms with Crippen molar-refractivity contribution in [3.05, 3.63) is 59.4 Å². The summed E-state index contributed by atoms with van der Waals surface area (Å²) in [4.78, 5) is 18.5. The van der Waals surface area contributed by atoms with Crippen molar-refractivity contribution in [1.82, 2.24) is 15.2 Å². The summed E-state index contributed by atoms with van der Waals surface area (Å²) < 4.78 is 20.3. The van der Waals surface area contributed by atoms with Gasteiger partial charge in [0.2, 0.25) is 23.2 Å². The number of carbonyl (C=O) groups is 1. The zero-order valence-electron chi connectivity index (χ0n) is 16.2. The predicted molar refractivity (Wildman–Crippen MR) is 109 cm³/mol. The molecule has 0 radical (unpaired) electrons. The third-order valence-electron chi connectivity index (χ3n) is 4.53. The van der Waals surface area contributed by atoms with Crippen molar-refractivity contribution in [2.45, 2.75) is 25.2 Å². The largest absolute Gasteiger partial charge is 0.447 e. The lowest BCUT2D eigenvalue weighted by Crippen LogP contribution is -2.36. The number of anilines is 1. The van der Waals surface area contributed by atoms with E-state index in [2.05, 4.69) is 21.3 Å². The molecule has 9 heteroatoms. The van der Waals surface area contributed by atoms with Crippen LogP contribution in [0.1, 0.15) is 31.2 Å². The molecule has 1 aliphatic rings. The molecule has 0 N–H and O–H groups in total. The standard InChI is InChI=1S/C21H16FN5O2S/c1-3-30-21-24-19-18(25-26-21)16-10-14(22)8-9-17(16)27(12(2)28)20(29-19)15-7-5-4-6-13(15)11-23/h4-10,20H,3H2,1-2H3. The van der Waals surface area contributed by atoms with E-state index in [1.807, 2.05) is 6.92 Å². The molecule has 0 bridgehead atoms. The average Bonchev–Trinajstić information content (AvgIpc) is 2.88. The van der Waals surface area contributed by atoms with Crippen LogP contribution in [0, 0.1) is 17.1 Å². The fourth-order valence-electron chi connectivity index (χ4n) is 3.28. The highest BCUT2D eigenvalue weighted by Crippen LogP contribution is 2.44. The van der Waals surface area contributed by atoms with E-state index < -0.39 is 12.0 Å². The van der Waals surface area contributed by atoms with E-state index >= 15 is 0 Å². The number of ether oxygens (including phenoxy) is 1. The van der Waals surface area contributed by atoms with Gasteiger partial charge in [0.15, 0.2) is 5.69 Å². The number of aromatic nitrogens is 3. The Hall–Kier alpha value is -3.51. The zero-order chi connectivity index (χ0) is 21.3. The Morgan fingerprint density at radius 1 is 1.30 bits per heavy atom. The summed E-state index contributed by atoms with van der Waals surface area (Å²) in [5.74, 6) is 0.0121. The minimum atomic E-state index is -0.986. The summed E-state index contributed by atoms with van der Waals surface area (Å²) >= 11 is 1.38. The molecule has 0 aliphatic carbocycles. The molecule has 0 fully saturated rings. The molecule has 1 amide bonds. The van der Waals surface area contributed by atoms with Crippen LogP contribution in [0.4, 0.5) is 10.1 Å². The Morgan fingerprint density at radius 3 is 2.83 bits per heavy atom. The Balaban J connectivity index is 2.01. The van der Waals surface area contributed by atoms with E-state index in [0.29, 0.717) is 27.5 Å². The van der Waals surface area contributed by atoms with Gasteiger partial charge in [-0.25, -0.2) is 4.39 Å². The van der Waals surface area contributed by atoms with Crippen LogP contribution in [0.3, 0.4) is 0 Å². The lowest BCUT2D eigenvalue weighted by molar-refractivity contribution is -0.118. The minimum absolute atomic E-state index is 0.120. The van der Waals surface area contributed by atoms with Crippen molar-refractivity contribution in [3.63, 3.8) is 0 Å². The molecule has 30 heavy (non-hydrogen) atoms. The topological polar surface area (TPSA) is 92.0 Å². The number of nitriles is 1. The van der Waals surface area contributed by atoms with E-state index in [9.17, 15) is 14.4 Å². The van der Waals surface area contributed by atoms with Gasteiger partial charge in [-0.2, -0.15) is 10.2 Å². The molecule has 2 heterocycles. The molecule has 7 nitrogen and oxygen atoms in total. The number of hydrogen-bond donors (Lipinski definition) is 0. The number of hydrogen-bond acceptors (Lipinski definition) is 7. The van der Waals surface area contributed by atoms with Crippen molar-refractivity contribution in [2.24, 2.45) is 0 Å². The van der Waals surface area contributed by atoms with Crippen molar-refractivity contribution in [1.29, 1.82) is 5.26 Å². The first-order valence-corrected chi connectivity index (χ1v) is 10.1. The van der Waals surface area contributed by atoms with E-state index in [0.717, 1.165) is 5.75 Å². The Morgan fingerprint density at radius 2 is 2.10 bits per heavy atom. The van der Waals surface area contributed by atoms with Gasteiger partial charge < -0.3 is 4.74 Å². The van der Waals surface area contributed by atoms with Crippen LogP contribution in [-0.2, 0) is 4.79 Å². The number of nitrogens with zero attached hydrogens (tertiary/aromatic N) is 5. The van der Waals surface area contributed by atoms with Crippen LogP contribution in [-0.4, -0.2) is 26.8 Å². The molecular formula is C21H16FN5O2S. The van der Waals surface area contributed by atoms with Gasteiger partial charge in [-0.1, -0.05) is 36.9 Å². The van der Waals surface area contributed by atoms with Gasteiger partial charge in [0.05, 0.1) is 17.3 Å². The number of halogens is 1. The van der Waals surface area contributed by atoms with Crippen LogP contribution in [0.25, 0.3) is 11.3 Å². The van der Waals surface area contributed by atoms with Crippen molar-refractivity contribution >= 4 is 23.4 Å². The smallest absolute Gasteiger partial charge is 0.247 e. The summed E-state index contributed by atoms with van der Waals surface area (Å²) in [5.41, 5.74) is 1.80. The monoisotopic (exact) mass is 421 g/mol. The Labute approximate surface area is 176 Å². The third kappa shape index (κ3) is 3.46. The second-order valence-electron chi connectivity index (χ2n) is 6.40. The molecular weight excluding hydrogens is 405 g/mol. The molecule has 4 rings (SSSR count). The molecule has 0 saturated heterocycles. The van der Waals surface area contributed by atoms with Gasteiger partial charge in [0, 0.05) is 18.1 Å². The molecule has 150 valence electrons. The van der Waals surface area contributed by atoms with Gasteiger partial charge in [-0.15, -0.1) is 10.2 Å². The summed E-state index contributed by atoms with van der Waals surface area (Å²) in [6, 6.07) is 13.0. The van der Waals surface area contributed by atoms with E-state index in [1.54, 1.807) is 24.3 Å². The van der Waals surface area contributed by atoms with E-state index in [4.69, 9.17) is 4.74 Å². The Kier molecular flexibility index (Phi) is 5.33. The SMILES string of the molecule is CCSc1nnc2c(n1)OC(c1ccccc1C#N)N(C(C)=O)c1ccc(F)cc1-2. The molecule has 2 aromatic carbocycles. The van der Waals surface area contributed by atoms with E-state index in [-0.39, 0.29) is 17.5 Å². The molecule has 1 unspecified atom stereocenters. The maximum atomic E-state index is 14.1. The molecule has 0 saturated carbocycles. The van der Waals surface area contributed by atoms with Gasteiger partial charge >= 0.3 is 0 Å². The van der Waals surface area contributed by atoms with Crippen LogP contribution in [0.5, 0.6) is 5.88 Å². The lowest BCUT2D eigenvalue weighted by atomic mass is 10.0. The minimum Gasteiger partial charge on any atom is -0.447 e. The number of amides is 1. The summed E-state index contributed by atoms with van der Waals surface area (Å²) in [5, 5.41) is 18.3. The van der Waals surface area contributed by atoms with Crippen molar-refractivity contribution in [2.75, 3.05) is 10.7 Å². The van der Waals surface area contributed by atoms with Crippen LogP contribution < -0.4 is 9.64 Å². The molecule has 1 atom stereocenters. The fourth-order valence-corrected chi connectivity index (χ4v) is 3.79. The normalized spacial score (nSPS) is 14.7. The number of rotatable bonds is 3. The summed E-state index contributed by atoms with van der Waals surface area (Å²) in [7, 11) is 0. The number of carbonyl (C=O) groups excluding carboxylic acids is 1. The molecule has 1 aromatic heterocycles. The maximum absolute atomic E-state index is 14.1. The highest BCUT2D eigenvalue weighted by Gasteiger charge is 2.36. The van der Waals surface area contributed by atoms with Crippen LogP contribution in [0.15, 0.2) is 47.6 Å². The van der Waals surface area contributed by atoms with Gasteiger partial charge in [-0.3, -0.25) is 9.69 Å². The van der Waals surface area contributed by atoms with Crippen molar-refractivity contribution in [3.8, 4) is 23.2 Å². The highest BCUT2D eigenvalue weighted by atomic mass is 32.2. The first-order valence-electron chi connectivity index (χ1n) is 9.16. The van der Waals surface area contributed by atoms with Crippen LogP contribution in [0.2, 0.25) is 0 Å². The molecule has 3 aromatic rings. The zero-order valence-corrected chi connectivity index (χ0v) is 17.0. The fraction of sp³-hybridized carbons (Fsp3) is 0.190. The summed E-state index contributed by atoms with van der Waals surface area (Å²) in [6.07, 6.45) is -0.986. The molecule has 1 aliphatic heterocycles. The predicted octanol–water partition coefficient (Wildman–Crippen LogP) is 4.11. The molecule has 0 spiro atoms. The Bertz CT molecular complexity index is 1180. The lowest BCUT2D eigenvalue weighted by Gasteiger charge is -2.30. The van der Waals surface area contributed by atoms with Gasteiger partial charge in [-0.05, 0) is 30.0 Å². The van der Waals surface area contributed by atoms with Crippen LogP contribution >= 0.6 is 11.8 Å². The third-order valence-corrected chi connectivity index (χ3v) is 5.25. The number of fused-ring (bicyclic) bond motifs is 3. The first kappa shape index (κ1) is 19.8. The first-order chi connectivity index (χ1) is 14.5. The maximum Gasteiger partial charge on any atom is 0.247 e. The second kappa shape index (κ2) is 8.08. The highest BCUT2D eigenvalue weighted by molar-refractivity contribution is 7.99. The average molecular weight is 421 g/mol. The van der Waals surface area contributed by atoms with Gasteiger partial charge in [0.1, 0.15) is 5.82 Å². The number of benzene rings is 2. The quantitative estimate of drug-likeness (QED) is 0.588. The second-order valence-corrected chi connectivity index (χ2v) is 7.63. The van der Waals surface area contributed by atoms with Gasteiger partial charge in [0.25, 0.3) is 0 Å². The summed E-state index contributed by atoms with van der Waals surface area (Å²) in [6.45, 7) is 3.33.